The first-order chi connectivity index (χ1) is 7.39. The van der Waals surface area contributed by atoms with Gasteiger partial charge >= 0.3 is 18.9 Å². The minimum absolute atomic E-state index is 0. The van der Waals surface area contributed by atoms with Crippen LogP contribution in [0.5, 0.6) is 0 Å². The number of allylic oxidation sites excluding steroid dienone is 3. The summed E-state index contributed by atoms with van der Waals surface area (Å²) in [5.41, 5.74) is 5.66. The number of hydrogen-bond donors (Lipinski definition) is 0. The van der Waals surface area contributed by atoms with Crippen LogP contribution in [0.1, 0.15) is 41.5 Å². The van der Waals surface area contributed by atoms with Gasteiger partial charge < -0.3 is 0 Å². The largest absolute Gasteiger partial charge is 1.00 e. The maximum Gasteiger partial charge on any atom is 1.00 e. The van der Waals surface area contributed by atoms with Crippen LogP contribution in [0.15, 0.2) is 18.2 Å². The molecule has 0 fully saturated rings. The summed E-state index contributed by atoms with van der Waals surface area (Å²) < 4.78 is 0. The molecule has 0 nitrogen and oxygen atoms in total. The molecule has 0 saturated carbocycles. The first-order valence-corrected chi connectivity index (χ1v) is 8.35. The monoisotopic (exact) mass is 240 g/mol. The SMILES string of the molecule is [CH-]=C/C=C\C#C[Si](C(C)C)(C(C)C)C(C)C.[Li+]. The van der Waals surface area contributed by atoms with Gasteiger partial charge in [-0.15, -0.1) is 11.5 Å². The molecule has 0 aromatic rings. The van der Waals surface area contributed by atoms with Crippen LogP contribution >= 0.6 is 0 Å². The van der Waals surface area contributed by atoms with Gasteiger partial charge in [0.05, 0.1) is 0 Å². The second kappa shape index (κ2) is 8.87. The van der Waals surface area contributed by atoms with Crippen molar-refractivity contribution in [1.82, 2.24) is 0 Å². The van der Waals surface area contributed by atoms with Crippen LogP contribution in [0.25, 0.3) is 0 Å². The number of rotatable bonds is 4. The fourth-order valence-corrected chi connectivity index (χ4v) is 7.90. The van der Waals surface area contributed by atoms with E-state index in [2.05, 4.69) is 53.0 Å². The van der Waals surface area contributed by atoms with Crippen molar-refractivity contribution >= 4 is 8.07 Å². The zero-order valence-electron chi connectivity index (χ0n) is 12.5. The Morgan fingerprint density at radius 3 is 1.65 bits per heavy atom. The van der Waals surface area contributed by atoms with Crippen LogP contribution in [-0.2, 0) is 0 Å². The minimum Gasteiger partial charge on any atom is -0.293 e. The Morgan fingerprint density at radius 1 is 0.941 bits per heavy atom. The molecule has 0 aliphatic carbocycles. The molecule has 0 radical (unpaired) electrons. The van der Waals surface area contributed by atoms with Crippen LogP contribution in [0, 0.1) is 18.0 Å². The van der Waals surface area contributed by atoms with Crippen molar-refractivity contribution in [2.24, 2.45) is 0 Å². The topological polar surface area (TPSA) is 0 Å². The van der Waals surface area contributed by atoms with Crippen LogP contribution in [-0.4, -0.2) is 8.07 Å². The van der Waals surface area contributed by atoms with Gasteiger partial charge in [0.1, 0.15) is 8.07 Å². The average Bonchev–Trinajstić information content (AvgIpc) is 2.16. The molecule has 0 aromatic heterocycles. The van der Waals surface area contributed by atoms with Gasteiger partial charge in [0.15, 0.2) is 0 Å². The fourth-order valence-electron chi connectivity index (χ4n) is 2.70. The summed E-state index contributed by atoms with van der Waals surface area (Å²) in [4.78, 5) is 0. The summed E-state index contributed by atoms with van der Waals surface area (Å²) in [5, 5.41) is 0. The fraction of sp³-hybridized carbons (Fsp3) is 0.600. The Morgan fingerprint density at radius 2 is 1.35 bits per heavy atom. The van der Waals surface area contributed by atoms with Crippen molar-refractivity contribution in [2.45, 2.75) is 58.2 Å². The molecule has 0 saturated heterocycles. The van der Waals surface area contributed by atoms with Gasteiger partial charge in [-0.2, -0.15) is 0 Å². The third kappa shape index (κ3) is 4.93. The molecule has 0 heterocycles. The Bertz CT molecular complexity index is 281. The van der Waals surface area contributed by atoms with E-state index in [4.69, 9.17) is 6.58 Å². The van der Waals surface area contributed by atoms with E-state index in [0.717, 1.165) is 0 Å². The molecule has 0 unspecified atom stereocenters. The average molecular weight is 240 g/mol. The predicted molar refractivity (Wildman–Crippen MR) is 76.8 cm³/mol. The van der Waals surface area contributed by atoms with Crippen molar-refractivity contribution in [1.29, 1.82) is 0 Å². The molecule has 2 heteroatoms. The predicted octanol–water partition coefficient (Wildman–Crippen LogP) is 1.76. The van der Waals surface area contributed by atoms with Crippen molar-refractivity contribution in [3.63, 3.8) is 0 Å². The van der Waals surface area contributed by atoms with Gasteiger partial charge in [0.2, 0.25) is 0 Å². The zero-order chi connectivity index (χ0) is 12.8. The molecule has 0 spiro atoms. The zero-order valence-corrected chi connectivity index (χ0v) is 13.5. The summed E-state index contributed by atoms with van der Waals surface area (Å²) in [6, 6.07) is 0. The summed E-state index contributed by atoms with van der Waals surface area (Å²) in [6.07, 6.45) is 5.18. The summed E-state index contributed by atoms with van der Waals surface area (Å²) in [5.74, 6) is 3.19. The maximum atomic E-state index is 5.29. The van der Waals surface area contributed by atoms with E-state index in [1.807, 2.05) is 6.08 Å². The Hall–Kier alpha value is -0.146. The van der Waals surface area contributed by atoms with Crippen LogP contribution in [0.3, 0.4) is 0 Å². The van der Waals surface area contributed by atoms with Gasteiger partial charge in [-0.3, -0.25) is 6.58 Å². The molecule has 0 atom stereocenters. The van der Waals surface area contributed by atoms with Crippen LogP contribution < -0.4 is 18.9 Å². The molecule has 0 bridgehead atoms. The van der Waals surface area contributed by atoms with E-state index in [9.17, 15) is 0 Å². The van der Waals surface area contributed by atoms with Crippen LogP contribution in [0.2, 0.25) is 16.6 Å². The summed E-state index contributed by atoms with van der Waals surface area (Å²) >= 11 is 0. The van der Waals surface area contributed by atoms with Gasteiger partial charge in [0.25, 0.3) is 0 Å². The number of hydrogen-bond acceptors (Lipinski definition) is 0. The van der Waals surface area contributed by atoms with Crippen molar-refractivity contribution < 1.29 is 18.9 Å². The van der Waals surface area contributed by atoms with E-state index >= 15 is 0 Å². The van der Waals surface area contributed by atoms with E-state index in [1.165, 1.54) is 6.08 Å². The molecule has 17 heavy (non-hydrogen) atoms. The minimum atomic E-state index is -1.54. The third-order valence-corrected chi connectivity index (χ3v) is 9.75. The molecule has 90 valence electrons. The quantitative estimate of drug-likeness (QED) is 0.304. The van der Waals surface area contributed by atoms with Gasteiger partial charge in [0, 0.05) is 0 Å². The molecule has 0 amide bonds. The first kappa shape index (κ1) is 19.2. The van der Waals surface area contributed by atoms with Gasteiger partial charge in [-0.25, -0.2) is 12.2 Å². The van der Waals surface area contributed by atoms with Crippen molar-refractivity contribution in [3.8, 4) is 11.5 Å². The van der Waals surface area contributed by atoms with Gasteiger partial charge in [-0.05, 0) is 16.6 Å². The van der Waals surface area contributed by atoms with E-state index in [0.29, 0.717) is 16.6 Å². The van der Waals surface area contributed by atoms with E-state index in [1.54, 1.807) is 6.08 Å². The molecular weight excluding hydrogens is 215 g/mol. The maximum absolute atomic E-state index is 5.29. The standard InChI is InChI=1S/C15H25Si.Li/c1-8-9-10-11-12-16(13(2)3,14(4)5)15(6)7;/h1,8-10,13-15H,2-7H3;/q-1;+1/b10-9-;. The molecule has 0 N–H and O–H groups in total. The van der Waals surface area contributed by atoms with E-state index in [-0.39, 0.29) is 18.9 Å². The smallest absolute Gasteiger partial charge is 0.293 e. The third-order valence-electron chi connectivity index (χ3n) is 3.45. The van der Waals surface area contributed by atoms with Crippen molar-refractivity contribution in [2.75, 3.05) is 0 Å². The summed E-state index contributed by atoms with van der Waals surface area (Å²) in [6.45, 7) is 19.2. The first-order valence-electron chi connectivity index (χ1n) is 6.12. The molecular formula is C15H25LiSi. The second-order valence-electron chi connectivity index (χ2n) is 5.22. The Balaban J connectivity index is 0. The normalized spacial score (nSPS) is 11.6. The Kier molecular flexibility index (Phi) is 10.0. The summed E-state index contributed by atoms with van der Waals surface area (Å²) in [7, 11) is -1.54. The molecule has 0 rings (SSSR count). The van der Waals surface area contributed by atoms with E-state index < -0.39 is 8.07 Å². The molecule has 0 aromatic carbocycles. The second-order valence-corrected chi connectivity index (χ2v) is 10.8. The Labute approximate surface area is 121 Å². The molecule has 0 aliphatic rings. The van der Waals surface area contributed by atoms with Gasteiger partial charge in [-0.1, -0.05) is 47.6 Å². The van der Waals surface area contributed by atoms with Crippen LogP contribution in [0.4, 0.5) is 0 Å². The molecule has 0 aliphatic heterocycles. The van der Waals surface area contributed by atoms with Crippen molar-refractivity contribution in [3.05, 3.63) is 24.8 Å².